The molecule has 5 heteroatoms. The van der Waals surface area contributed by atoms with Crippen molar-refractivity contribution in [2.24, 2.45) is 0 Å². The highest BCUT2D eigenvalue weighted by Gasteiger charge is 2.05. The zero-order chi connectivity index (χ0) is 16.9. The number of amides is 1. The molecule has 2 aromatic carbocycles. The molecule has 1 heterocycles. The van der Waals surface area contributed by atoms with Gasteiger partial charge >= 0.3 is 0 Å². The van der Waals surface area contributed by atoms with Gasteiger partial charge in [-0.25, -0.2) is 4.39 Å². The monoisotopic (exact) mass is 357 g/mol. The third-order valence-electron chi connectivity index (χ3n) is 3.27. The standard InChI is InChI=1S/C19H13ClFNOS/c20-16-12-14(21)6-9-17(16)22-19(23)11-8-15-7-10-18(24-15)13-4-2-1-3-5-13/h1-12H,(H,22,23)/b11-8+. The van der Waals surface area contributed by atoms with Crippen LogP contribution >= 0.6 is 22.9 Å². The van der Waals surface area contributed by atoms with Gasteiger partial charge in [0.05, 0.1) is 10.7 Å². The summed E-state index contributed by atoms with van der Waals surface area (Å²) in [6.07, 6.45) is 3.17. The van der Waals surface area contributed by atoms with Crippen LogP contribution in [0.5, 0.6) is 0 Å². The van der Waals surface area contributed by atoms with E-state index in [1.807, 2.05) is 42.5 Å². The van der Waals surface area contributed by atoms with Crippen molar-refractivity contribution in [2.75, 3.05) is 5.32 Å². The number of hydrogen-bond donors (Lipinski definition) is 1. The molecule has 1 aromatic heterocycles. The fourth-order valence-electron chi connectivity index (χ4n) is 2.12. The highest BCUT2D eigenvalue weighted by Crippen LogP contribution is 2.28. The van der Waals surface area contributed by atoms with Crippen molar-refractivity contribution in [2.45, 2.75) is 0 Å². The van der Waals surface area contributed by atoms with Gasteiger partial charge in [-0.15, -0.1) is 11.3 Å². The largest absolute Gasteiger partial charge is 0.321 e. The first-order valence-corrected chi connectivity index (χ1v) is 8.40. The normalized spacial score (nSPS) is 10.9. The van der Waals surface area contributed by atoms with Crippen LogP contribution in [0.3, 0.4) is 0 Å². The number of carbonyl (C=O) groups is 1. The van der Waals surface area contributed by atoms with Crippen LogP contribution in [0.15, 0.2) is 66.7 Å². The van der Waals surface area contributed by atoms with Crippen LogP contribution in [0.25, 0.3) is 16.5 Å². The molecule has 0 unspecified atom stereocenters. The third kappa shape index (κ3) is 4.10. The fraction of sp³-hybridized carbons (Fsp3) is 0. The van der Waals surface area contributed by atoms with E-state index in [-0.39, 0.29) is 10.9 Å². The van der Waals surface area contributed by atoms with E-state index in [9.17, 15) is 9.18 Å². The number of carbonyl (C=O) groups excluding carboxylic acids is 1. The maximum atomic E-state index is 13.0. The summed E-state index contributed by atoms with van der Waals surface area (Å²) in [5.74, 6) is -0.765. The summed E-state index contributed by atoms with van der Waals surface area (Å²) in [6.45, 7) is 0. The number of benzene rings is 2. The molecule has 24 heavy (non-hydrogen) atoms. The average Bonchev–Trinajstić information content (AvgIpc) is 3.05. The Morgan fingerprint density at radius 1 is 1.08 bits per heavy atom. The van der Waals surface area contributed by atoms with Crippen LogP contribution < -0.4 is 5.32 Å². The van der Waals surface area contributed by atoms with Gasteiger partial charge in [0, 0.05) is 15.8 Å². The first-order chi connectivity index (χ1) is 11.6. The molecule has 120 valence electrons. The molecule has 1 N–H and O–H groups in total. The highest BCUT2D eigenvalue weighted by molar-refractivity contribution is 7.16. The predicted octanol–water partition coefficient (Wildman–Crippen LogP) is 5.86. The van der Waals surface area contributed by atoms with Crippen molar-refractivity contribution < 1.29 is 9.18 Å². The first kappa shape index (κ1) is 16.4. The van der Waals surface area contributed by atoms with E-state index < -0.39 is 5.82 Å². The minimum atomic E-state index is -0.444. The van der Waals surface area contributed by atoms with Crippen molar-refractivity contribution >= 4 is 40.6 Å². The van der Waals surface area contributed by atoms with Gasteiger partial charge in [-0.1, -0.05) is 41.9 Å². The van der Waals surface area contributed by atoms with Gasteiger partial charge < -0.3 is 5.32 Å². The second-order valence-electron chi connectivity index (χ2n) is 5.01. The van der Waals surface area contributed by atoms with Gasteiger partial charge in [0.25, 0.3) is 0 Å². The Labute approximate surface area is 148 Å². The Kier molecular flexibility index (Phi) is 5.08. The van der Waals surface area contributed by atoms with E-state index in [1.165, 1.54) is 18.2 Å². The Morgan fingerprint density at radius 3 is 2.62 bits per heavy atom. The predicted molar refractivity (Wildman–Crippen MR) is 98.8 cm³/mol. The molecule has 0 aliphatic rings. The van der Waals surface area contributed by atoms with E-state index in [4.69, 9.17) is 11.6 Å². The third-order valence-corrected chi connectivity index (χ3v) is 4.69. The minimum Gasteiger partial charge on any atom is -0.321 e. The van der Waals surface area contributed by atoms with Crippen LogP contribution in [-0.4, -0.2) is 5.91 Å². The molecule has 0 saturated carbocycles. The maximum Gasteiger partial charge on any atom is 0.248 e. The lowest BCUT2D eigenvalue weighted by Gasteiger charge is -2.04. The topological polar surface area (TPSA) is 29.1 Å². The average molecular weight is 358 g/mol. The fourth-order valence-corrected chi connectivity index (χ4v) is 3.25. The molecule has 0 spiro atoms. The minimum absolute atomic E-state index is 0.166. The summed E-state index contributed by atoms with van der Waals surface area (Å²) in [4.78, 5) is 14.1. The number of thiophene rings is 1. The lowest BCUT2D eigenvalue weighted by Crippen LogP contribution is -2.08. The Hall–Kier alpha value is -2.43. The second kappa shape index (κ2) is 7.43. The molecule has 0 aliphatic carbocycles. The van der Waals surface area contributed by atoms with Crippen molar-refractivity contribution in [3.8, 4) is 10.4 Å². The number of nitrogens with one attached hydrogen (secondary N) is 1. The quantitative estimate of drug-likeness (QED) is 0.582. The molecular weight excluding hydrogens is 345 g/mol. The summed E-state index contributed by atoms with van der Waals surface area (Å²) in [5.41, 5.74) is 1.52. The van der Waals surface area contributed by atoms with Crippen LogP contribution in [-0.2, 0) is 4.79 Å². The SMILES string of the molecule is O=C(/C=C/c1ccc(-c2ccccc2)s1)Nc1ccc(F)cc1Cl. The molecule has 2 nitrogen and oxygen atoms in total. The molecule has 0 aliphatic heterocycles. The Bertz CT molecular complexity index is 889. The van der Waals surface area contributed by atoms with Gasteiger partial charge in [0.1, 0.15) is 5.82 Å². The summed E-state index contributed by atoms with van der Waals surface area (Å²) < 4.78 is 13.0. The van der Waals surface area contributed by atoms with Crippen LogP contribution in [0.1, 0.15) is 4.88 Å². The van der Waals surface area contributed by atoms with Crippen LogP contribution in [0, 0.1) is 5.82 Å². The Morgan fingerprint density at radius 2 is 1.88 bits per heavy atom. The molecule has 0 saturated heterocycles. The van der Waals surface area contributed by atoms with Gasteiger partial charge in [-0.2, -0.15) is 0 Å². The van der Waals surface area contributed by atoms with E-state index >= 15 is 0 Å². The van der Waals surface area contributed by atoms with Crippen molar-refractivity contribution in [3.63, 3.8) is 0 Å². The first-order valence-electron chi connectivity index (χ1n) is 7.21. The van der Waals surface area contributed by atoms with Crippen LogP contribution in [0.2, 0.25) is 5.02 Å². The summed E-state index contributed by atoms with van der Waals surface area (Å²) in [6, 6.07) is 17.9. The molecule has 1 amide bonds. The van der Waals surface area contributed by atoms with E-state index in [0.717, 1.165) is 21.4 Å². The molecule has 3 aromatic rings. The van der Waals surface area contributed by atoms with E-state index in [0.29, 0.717) is 5.69 Å². The summed E-state index contributed by atoms with van der Waals surface area (Å²) in [7, 11) is 0. The van der Waals surface area contributed by atoms with Gasteiger partial charge in [-0.3, -0.25) is 4.79 Å². The number of anilines is 1. The van der Waals surface area contributed by atoms with E-state index in [1.54, 1.807) is 17.4 Å². The second-order valence-corrected chi connectivity index (χ2v) is 6.54. The number of hydrogen-bond acceptors (Lipinski definition) is 2. The van der Waals surface area contributed by atoms with Gasteiger partial charge in [0.2, 0.25) is 5.91 Å². The zero-order valence-corrected chi connectivity index (χ0v) is 14.1. The molecular formula is C19H13ClFNOS. The molecule has 0 bridgehead atoms. The molecule has 0 fully saturated rings. The van der Waals surface area contributed by atoms with Crippen molar-refractivity contribution in [1.82, 2.24) is 0 Å². The van der Waals surface area contributed by atoms with Crippen molar-refractivity contribution in [1.29, 1.82) is 0 Å². The molecule has 0 radical (unpaired) electrons. The lowest BCUT2D eigenvalue weighted by molar-refractivity contribution is -0.111. The van der Waals surface area contributed by atoms with Crippen molar-refractivity contribution in [3.05, 3.63) is 82.5 Å². The lowest BCUT2D eigenvalue weighted by atomic mass is 10.2. The summed E-state index contributed by atoms with van der Waals surface area (Å²) in [5, 5.41) is 2.79. The van der Waals surface area contributed by atoms with Crippen LogP contribution in [0.4, 0.5) is 10.1 Å². The van der Waals surface area contributed by atoms with E-state index in [2.05, 4.69) is 5.32 Å². The number of rotatable bonds is 4. The summed E-state index contributed by atoms with van der Waals surface area (Å²) >= 11 is 7.48. The zero-order valence-electron chi connectivity index (χ0n) is 12.5. The van der Waals surface area contributed by atoms with Gasteiger partial charge in [-0.05, 0) is 42.0 Å². The Balaban J connectivity index is 1.67. The van der Waals surface area contributed by atoms with Gasteiger partial charge in [0.15, 0.2) is 0 Å². The molecule has 3 rings (SSSR count). The maximum absolute atomic E-state index is 13.0. The number of halogens is 2. The smallest absolute Gasteiger partial charge is 0.248 e. The highest BCUT2D eigenvalue weighted by atomic mass is 35.5. The molecule has 0 atom stereocenters.